The Morgan fingerprint density at radius 1 is 0.982 bits per heavy atom. The van der Waals surface area contributed by atoms with E-state index in [0.717, 1.165) is 43.6 Å². The summed E-state index contributed by atoms with van der Waals surface area (Å²) in [5, 5.41) is 32.0. The standard InChI is InChI=1S/C42H48N6O8/c1-47-30(23-34(46-47)41(52)54-21-6-5-18-43-24-36(50)32-12-14-35(49)40-33(32)13-15-38(51)44-40)26-55-31-11-7-10-29(22-31)39(28-8-3-2-4-9-28)45-42(53)56-37-25-48-19-16-27(37)17-20-48/h2-4,7-15,22-23,27,36-37,39,43,49-50H,5-6,16-21,24-26H2,1H3,(H,44,51)(H,45,53)/t36-,37+,39?/m1/s1. The van der Waals surface area contributed by atoms with Crippen molar-refractivity contribution in [3.05, 3.63) is 123 Å². The van der Waals surface area contributed by atoms with Crippen LogP contribution in [0.15, 0.2) is 89.7 Å². The molecule has 3 atom stereocenters. The molecule has 3 aromatic carbocycles. The Bertz CT molecular complexity index is 2180. The average Bonchev–Trinajstić information content (AvgIpc) is 3.60. The molecule has 3 aliphatic rings. The number of fused-ring (bicyclic) bond motifs is 4. The number of piperidine rings is 3. The van der Waals surface area contributed by atoms with Crippen LogP contribution in [0.3, 0.4) is 0 Å². The second kappa shape index (κ2) is 17.8. The van der Waals surface area contributed by atoms with Gasteiger partial charge in [0.05, 0.1) is 30.0 Å². The number of nitrogens with zero attached hydrogens (tertiary/aromatic N) is 3. The fraction of sp³-hybridized carbons (Fsp3) is 0.381. The zero-order valence-electron chi connectivity index (χ0n) is 31.4. The van der Waals surface area contributed by atoms with Gasteiger partial charge in [-0.05, 0) is 98.3 Å². The van der Waals surface area contributed by atoms with E-state index in [1.165, 1.54) is 12.1 Å². The number of phenolic OH excluding ortho intramolecular Hbond substituents is 1. The third kappa shape index (κ3) is 9.39. The molecule has 0 radical (unpaired) electrons. The monoisotopic (exact) mass is 764 g/mol. The van der Waals surface area contributed by atoms with E-state index in [1.54, 1.807) is 29.9 Å². The maximum atomic E-state index is 13.2. The van der Waals surface area contributed by atoms with Crippen molar-refractivity contribution in [3.63, 3.8) is 0 Å². The van der Waals surface area contributed by atoms with Crippen LogP contribution in [0, 0.1) is 5.92 Å². The molecule has 2 aromatic heterocycles. The van der Waals surface area contributed by atoms with Crippen LogP contribution in [0.25, 0.3) is 10.9 Å². The number of rotatable bonds is 16. The first-order valence-electron chi connectivity index (χ1n) is 19.1. The quantitative estimate of drug-likeness (QED) is 0.0694. The molecule has 0 aliphatic carbocycles. The molecule has 5 aromatic rings. The van der Waals surface area contributed by atoms with Gasteiger partial charge in [-0.3, -0.25) is 14.4 Å². The van der Waals surface area contributed by atoms with E-state index in [1.807, 2.05) is 54.6 Å². The summed E-state index contributed by atoms with van der Waals surface area (Å²) >= 11 is 0. The molecular formula is C42H48N6O8. The van der Waals surface area contributed by atoms with Crippen molar-refractivity contribution in [2.45, 2.75) is 50.5 Å². The summed E-state index contributed by atoms with van der Waals surface area (Å²) in [6.07, 6.45) is 2.02. The largest absolute Gasteiger partial charge is 0.506 e. The van der Waals surface area contributed by atoms with E-state index >= 15 is 0 Å². The topological polar surface area (TPSA) is 180 Å². The lowest BCUT2D eigenvalue weighted by Gasteiger charge is -2.43. The molecule has 5 N–H and O–H groups in total. The van der Waals surface area contributed by atoms with E-state index in [4.69, 9.17) is 14.2 Å². The molecular weight excluding hydrogens is 716 g/mol. The van der Waals surface area contributed by atoms with Crippen molar-refractivity contribution < 1.29 is 34.0 Å². The van der Waals surface area contributed by atoms with Crippen molar-refractivity contribution in [2.24, 2.45) is 13.0 Å². The molecule has 14 heteroatoms. The van der Waals surface area contributed by atoms with Gasteiger partial charge in [0.1, 0.15) is 24.2 Å². The molecule has 1 unspecified atom stereocenters. The van der Waals surface area contributed by atoms with Gasteiger partial charge in [0.15, 0.2) is 5.69 Å². The highest BCUT2D eigenvalue weighted by atomic mass is 16.6. The fourth-order valence-electron chi connectivity index (χ4n) is 7.51. The summed E-state index contributed by atoms with van der Waals surface area (Å²) in [6.45, 7) is 4.13. The maximum absolute atomic E-state index is 13.2. The number of aryl methyl sites for hydroxylation is 1. The van der Waals surface area contributed by atoms with Crippen LogP contribution in [0.1, 0.15) is 70.7 Å². The van der Waals surface area contributed by atoms with Gasteiger partial charge in [-0.25, -0.2) is 9.59 Å². The molecule has 3 saturated heterocycles. The summed E-state index contributed by atoms with van der Waals surface area (Å²) in [5.41, 5.74) is 3.15. The SMILES string of the molecule is Cn1nc(C(=O)OCCCCNC[C@@H](O)c2ccc(O)c3[nH]c(=O)ccc23)cc1COc1cccc(C(NC(=O)O[C@H]2CN3CCC2CC3)c2ccccc2)c1. The van der Waals surface area contributed by atoms with E-state index in [-0.39, 0.29) is 48.4 Å². The average molecular weight is 765 g/mol. The van der Waals surface area contributed by atoms with Crippen molar-refractivity contribution >= 4 is 23.0 Å². The van der Waals surface area contributed by atoms with Crippen molar-refractivity contribution in [3.8, 4) is 11.5 Å². The Balaban J connectivity index is 0.867. The number of pyridine rings is 1. The Morgan fingerprint density at radius 2 is 1.79 bits per heavy atom. The van der Waals surface area contributed by atoms with E-state index in [0.29, 0.717) is 47.7 Å². The third-order valence-corrected chi connectivity index (χ3v) is 10.6. The van der Waals surface area contributed by atoms with Gasteiger partial charge in [0.2, 0.25) is 5.56 Å². The summed E-state index contributed by atoms with van der Waals surface area (Å²) in [6, 6.07) is 24.5. The molecule has 0 spiro atoms. The molecule has 3 aliphatic heterocycles. The Hall–Kier alpha value is -5.70. The summed E-state index contributed by atoms with van der Waals surface area (Å²) in [5.74, 6) is 0.409. The Morgan fingerprint density at radius 3 is 2.57 bits per heavy atom. The van der Waals surface area contributed by atoms with Gasteiger partial charge in [-0.1, -0.05) is 48.5 Å². The van der Waals surface area contributed by atoms with Crippen LogP contribution in [-0.2, 0) is 23.1 Å². The normalized spacial score (nSPS) is 18.6. The number of benzene rings is 3. The highest BCUT2D eigenvalue weighted by Gasteiger charge is 2.37. The number of aromatic hydroxyl groups is 1. The first-order valence-corrected chi connectivity index (χ1v) is 19.1. The van der Waals surface area contributed by atoms with Gasteiger partial charge in [0.25, 0.3) is 0 Å². The predicted molar refractivity (Wildman–Crippen MR) is 208 cm³/mol. The summed E-state index contributed by atoms with van der Waals surface area (Å²) in [7, 11) is 1.74. The second-order valence-corrected chi connectivity index (χ2v) is 14.4. The lowest BCUT2D eigenvalue weighted by Crippen LogP contribution is -2.52. The summed E-state index contributed by atoms with van der Waals surface area (Å²) in [4.78, 5) is 42.7. The number of hydrogen-bond acceptors (Lipinski definition) is 11. The van der Waals surface area contributed by atoms with Gasteiger partial charge in [-0.15, -0.1) is 0 Å². The van der Waals surface area contributed by atoms with Gasteiger partial charge < -0.3 is 40.0 Å². The Kier molecular flexibility index (Phi) is 12.3. The number of unbranched alkanes of at least 4 members (excludes halogenated alkanes) is 1. The number of aromatic amines is 1. The fourth-order valence-corrected chi connectivity index (χ4v) is 7.51. The number of aliphatic hydroxyl groups is 1. The zero-order valence-corrected chi connectivity index (χ0v) is 31.4. The number of amides is 1. The minimum absolute atomic E-state index is 0.0603. The molecule has 5 heterocycles. The van der Waals surface area contributed by atoms with Crippen molar-refractivity contribution in [2.75, 3.05) is 39.3 Å². The lowest BCUT2D eigenvalue weighted by molar-refractivity contribution is -0.0336. The minimum Gasteiger partial charge on any atom is -0.506 e. The van der Waals surface area contributed by atoms with E-state index < -0.39 is 24.2 Å². The van der Waals surface area contributed by atoms with Crippen LogP contribution in [0.2, 0.25) is 0 Å². The second-order valence-electron chi connectivity index (χ2n) is 14.4. The molecule has 1 amide bonds. The molecule has 14 nitrogen and oxygen atoms in total. The zero-order chi connectivity index (χ0) is 39.0. The summed E-state index contributed by atoms with van der Waals surface area (Å²) < 4.78 is 19.2. The number of hydrogen-bond donors (Lipinski definition) is 5. The first-order chi connectivity index (χ1) is 27.2. The number of esters is 1. The number of carbonyl (C=O) groups excluding carboxylic acids is 2. The number of aromatic nitrogens is 3. The van der Waals surface area contributed by atoms with Gasteiger partial charge in [-0.2, -0.15) is 5.10 Å². The van der Waals surface area contributed by atoms with Crippen molar-refractivity contribution in [1.29, 1.82) is 0 Å². The molecule has 56 heavy (non-hydrogen) atoms. The van der Waals surface area contributed by atoms with E-state index in [9.17, 15) is 24.6 Å². The molecule has 294 valence electrons. The van der Waals surface area contributed by atoms with Crippen molar-refractivity contribution in [1.82, 2.24) is 30.3 Å². The highest BCUT2D eigenvalue weighted by molar-refractivity contribution is 5.88. The number of alkyl carbamates (subject to hydrolysis) is 1. The molecule has 3 fully saturated rings. The van der Waals surface area contributed by atoms with Crippen LogP contribution in [-0.4, -0.2) is 87.4 Å². The molecule has 0 saturated carbocycles. The number of nitrogens with one attached hydrogen (secondary N) is 3. The van der Waals surface area contributed by atoms with Crippen LogP contribution < -0.4 is 20.9 Å². The number of aliphatic hydroxyl groups excluding tert-OH is 1. The number of H-pyrrole nitrogens is 1. The molecule has 2 bridgehead atoms. The lowest BCUT2D eigenvalue weighted by atomic mass is 9.86. The third-order valence-electron chi connectivity index (χ3n) is 10.6. The van der Waals surface area contributed by atoms with Gasteiger partial charge >= 0.3 is 12.1 Å². The van der Waals surface area contributed by atoms with E-state index in [2.05, 4.69) is 25.6 Å². The van der Waals surface area contributed by atoms with Gasteiger partial charge in [0, 0.05) is 31.6 Å². The van der Waals surface area contributed by atoms with Crippen LogP contribution in [0.4, 0.5) is 4.79 Å². The number of carbonyl (C=O) groups is 2. The molecule has 8 rings (SSSR count). The maximum Gasteiger partial charge on any atom is 0.408 e. The first kappa shape index (κ1) is 38.6. The highest BCUT2D eigenvalue weighted by Crippen LogP contribution is 2.31. The number of ether oxygens (including phenoxy) is 3. The smallest absolute Gasteiger partial charge is 0.408 e. The predicted octanol–water partition coefficient (Wildman–Crippen LogP) is 4.72. The van der Waals surface area contributed by atoms with Crippen LogP contribution in [0.5, 0.6) is 11.5 Å². The van der Waals surface area contributed by atoms with Crippen LogP contribution >= 0.6 is 0 Å². The number of phenols is 1. The minimum atomic E-state index is -0.855. The Labute approximate surface area is 324 Å².